The molecule has 0 radical (unpaired) electrons. The van der Waals surface area contributed by atoms with Crippen LogP contribution in [0, 0.1) is 6.92 Å². The topological polar surface area (TPSA) is 48.7 Å². The maximum Gasteiger partial charge on any atom is 0.0658 e. The third-order valence-corrected chi connectivity index (χ3v) is 6.14. The van der Waals surface area contributed by atoms with Crippen LogP contribution in [0.2, 0.25) is 0 Å². The number of benzene rings is 2. The highest BCUT2D eigenvalue weighted by molar-refractivity contribution is 5.93. The Kier molecular flexibility index (Phi) is 6.12. The first-order valence-corrected chi connectivity index (χ1v) is 10.7. The minimum atomic E-state index is -0.129. The molecule has 4 heteroatoms. The molecule has 0 spiro atoms. The highest BCUT2D eigenvalue weighted by Crippen LogP contribution is 2.36. The van der Waals surface area contributed by atoms with Crippen LogP contribution in [-0.4, -0.2) is 29.0 Å². The molecule has 154 valence electrons. The predicted octanol–water partition coefficient (Wildman–Crippen LogP) is 6.03. The van der Waals surface area contributed by atoms with Crippen molar-refractivity contribution in [1.29, 1.82) is 0 Å². The predicted molar refractivity (Wildman–Crippen MR) is 124 cm³/mol. The number of anilines is 1. The molecule has 0 aliphatic carbocycles. The van der Waals surface area contributed by atoms with Gasteiger partial charge in [-0.25, -0.2) is 0 Å². The van der Waals surface area contributed by atoms with Gasteiger partial charge in [-0.15, -0.1) is 0 Å². The molecular formula is C26H29N3O. The summed E-state index contributed by atoms with van der Waals surface area (Å²) in [4.78, 5) is 6.87. The zero-order valence-electron chi connectivity index (χ0n) is 17.8. The summed E-state index contributed by atoms with van der Waals surface area (Å²) in [6.45, 7) is 6.25. The largest absolute Gasteiger partial charge is 0.411 e. The summed E-state index contributed by atoms with van der Waals surface area (Å²) in [7, 11) is 0. The summed E-state index contributed by atoms with van der Waals surface area (Å²) in [6, 6.07) is 19.1. The molecule has 1 N–H and O–H groups in total. The molecule has 1 aromatic heterocycles. The zero-order chi connectivity index (χ0) is 20.9. The van der Waals surface area contributed by atoms with Crippen molar-refractivity contribution >= 4 is 11.4 Å². The summed E-state index contributed by atoms with van der Waals surface area (Å²) in [5, 5.41) is 13.2. The molecule has 2 heterocycles. The Morgan fingerprint density at radius 2 is 1.70 bits per heavy atom. The fourth-order valence-electron chi connectivity index (χ4n) is 4.49. The molecule has 0 amide bonds. The van der Waals surface area contributed by atoms with Crippen molar-refractivity contribution in [3.8, 4) is 11.1 Å². The molecule has 0 saturated carbocycles. The number of pyridine rings is 1. The molecule has 4 nitrogen and oxygen atoms in total. The van der Waals surface area contributed by atoms with E-state index < -0.39 is 0 Å². The molecule has 1 atom stereocenters. The van der Waals surface area contributed by atoms with E-state index in [4.69, 9.17) is 0 Å². The van der Waals surface area contributed by atoms with Crippen molar-refractivity contribution in [2.75, 3.05) is 18.0 Å². The van der Waals surface area contributed by atoms with Crippen LogP contribution in [0.3, 0.4) is 0 Å². The maximum atomic E-state index is 9.63. The first-order chi connectivity index (χ1) is 14.7. The normalized spacial score (nSPS) is 15.8. The van der Waals surface area contributed by atoms with Crippen LogP contribution in [0.4, 0.5) is 5.69 Å². The lowest BCUT2D eigenvalue weighted by Gasteiger charge is -2.29. The van der Waals surface area contributed by atoms with Crippen molar-refractivity contribution in [3.05, 3.63) is 83.7 Å². The average Bonchev–Trinajstić information content (AvgIpc) is 2.81. The van der Waals surface area contributed by atoms with E-state index in [1.807, 2.05) is 37.5 Å². The van der Waals surface area contributed by atoms with Crippen LogP contribution < -0.4 is 4.90 Å². The van der Waals surface area contributed by atoms with E-state index in [0.717, 1.165) is 35.3 Å². The van der Waals surface area contributed by atoms with Crippen molar-refractivity contribution in [3.63, 3.8) is 0 Å². The maximum absolute atomic E-state index is 9.63. The molecule has 2 aromatic carbocycles. The Balaban J connectivity index is 1.75. The van der Waals surface area contributed by atoms with Crippen molar-refractivity contribution in [2.24, 2.45) is 5.16 Å². The van der Waals surface area contributed by atoms with E-state index in [-0.39, 0.29) is 5.92 Å². The van der Waals surface area contributed by atoms with Crippen LogP contribution in [0.5, 0.6) is 0 Å². The van der Waals surface area contributed by atoms with Gasteiger partial charge in [-0.3, -0.25) is 4.98 Å². The lowest BCUT2D eigenvalue weighted by Crippen LogP contribution is -2.29. The van der Waals surface area contributed by atoms with Gasteiger partial charge in [0.1, 0.15) is 0 Å². The van der Waals surface area contributed by atoms with E-state index in [2.05, 4.69) is 58.4 Å². The zero-order valence-corrected chi connectivity index (χ0v) is 17.8. The van der Waals surface area contributed by atoms with Crippen LogP contribution in [0.15, 0.2) is 72.1 Å². The monoisotopic (exact) mass is 399 g/mol. The van der Waals surface area contributed by atoms with Gasteiger partial charge >= 0.3 is 0 Å². The van der Waals surface area contributed by atoms with Crippen molar-refractivity contribution in [1.82, 2.24) is 4.98 Å². The molecular weight excluding hydrogens is 370 g/mol. The van der Waals surface area contributed by atoms with E-state index in [9.17, 15) is 5.21 Å². The van der Waals surface area contributed by atoms with E-state index in [1.165, 1.54) is 30.5 Å². The van der Waals surface area contributed by atoms with Gasteiger partial charge in [0.25, 0.3) is 0 Å². The van der Waals surface area contributed by atoms with Gasteiger partial charge in [-0.1, -0.05) is 41.6 Å². The summed E-state index contributed by atoms with van der Waals surface area (Å²) in [5.41, 5.74) is 7.57. The van der Waals surface area contributed by atoms with E-state index in [0.29, 0.717) is 5.71 Å². The molecule has 4 rings (SSSR count). The minimum Gasteiger partial charge on any atom is -0.411 e. The van der Waals surface area contributed by atoms with Crippen LogP contribution >= 0.6 is 0 Å². The van der Waals surface area contributed by atoms with Gasteiger partial charge in [0, 0.05) is 36.7 Å². The smallest absolute Gasteiger partial charge is 0.0658 e. The quantitative estimate of drug-likeness (QED) is 0.324. The average molecular weight is 400 g/mol. The SMILES string of the molecule is CC(=NO)C(c1ccccc1C)c1ccncc1-c1ccc(N2CCCCC2)cc1. The second kappa shape index (κ2) is 9.12. The number of piperidine rings is 1. The number of aryl methyl sites for hydroxylation is 1. The summed E-state index contributed by atoms with van der Waals surface area (Å²) < 4.78 is 0. The Bertz CT molecular complexity index is 1020. The van der Waals surface area contributed by atoms with Crippen molar-refractivity contribution in [2.45, 2.75) is 39.0 Å². The highest BCUT2D eigenvalue weighted by Gasteiger charge is 2.23. The molecule has 0 bridgehead atoms. The molecule has 30 heavy (non-hydrogen) atoms. The lowest BCUT2D eigenvalue weighted by atomic mass is 9.82. The lowest BCUT2D eigenvalue weighted by molar-refractivity contribution is 0.317. The van der Waals surface area contributed by atoms with Crippen LogP contribution in [-0.2, 0) is 0 Å². The number of aromatic nitrogens is 1. The first-order valence-electron chi connectivity index (χ1n) is 10.7. The number of nitrogens with zero attached hydrogens (tertiary/aromatic N) is 3. The highest BCUT2D eigenvalue weighted by atomic mass is 16.4. The molecule has 1 fully saturated rings. The Hall–Kier alpha value is -3.14. The summed E-state index contributed by atoms with van der Waals surface area (Å²) in [6.07, 6.45) is 7.61. The Morgan fingerprint density at radius 1 is 0.967 bits per heavy atom. The summed E-state index contributed by atoms with van der Waals surface area (Å²) in [5.74, 6) is -0.129. The Morgan fingerprint density at radius 3 is 2.40 bits per heavy atom. The summed E-state index contributed by atoms with van der Waals surface area (Å²) >= 11 is 0. The first kappa shape index (κ1) is 20.1. The number of oxime groups is 1. The minimum absolute atomic E-state index is 0.129. The fraction of sp³-hybridized carbons (Fsp3) is 0.308. The fourth-order valence-corrected chi connectivity index (χ4v) is 4.49. The van der Waals surface area contributed by atoms with E-state index >= 15 is 0 Å². The molecule has 1 unspecified atom stereocenters. The van der Waals surface area contributed by atoms with Gasteiger partial charge in [0.2, 0.25) is 0 Å². The van der Waals surface area contributed by atoms with Gasteiger partial charge in [-0.2, -0.15) is 0 Å². The molecule has 1 saturated heterocycles. The third kappa shape index (κ3) is 4.09. The van der Waals surface area contributed by atoms with Gasteiger partial charge in [0.15, 0.2) is 0 Å². The second-order valence-electron chi connectivity index (χ2n) is 8.09. The second-order valence-corrected chi connectivity index (χ2v) is 8.09. The number of hydrogen-bond donors (Lipinski definition) is 1. The molecule has 1 aliphatic rings. The number of rotatable bonds is 5. The third-order valence-electron chi connectivity index (χ3n) is 6.14. The van der Waals surface area contributed by atoms with Gasteiger partial charge in [0.05, 0.1) is 11.6 Å². The van der Waals surface area contributed by atoms with E-state index in [1.54, 1.807) is 0 Å². The Labute approximate surface area is 178 Å². The van der Waals surface area contributed by atoms with Crippen molar-refractivity contribution < 1.29 is 5.21 Å². The molecule has 3 aromatic rings. The number of hydrogen-bond acceptors (Lipinski definition) is 4. The van der Waals surface area contributed by atoms with Crippen LogP contribution in [0.25, 0.3) is 11.1 Å². The van der Waals surface area contributed by atoms with Crippen LogP contribution in [0.1, 0.15) is 48.8 Å². The van der Waals surface area contributed by atoms with Gasteiger partial charge < -0.3 is 10.1 Å². The van der Waals surface area contributed by atoms with Gasteiger partial charge in [-0.05, 0) is 73.6 Å². The molecule has 1 aliphatic heterocycles. The standard InChI is InChI=1S/C26H29N3O/c1-19-8-4-5-9-23(19)26(20(2)28-30)24-14-15-27-18-25(24)21-10-12-22(13-11-21)29-16-6-3-7-17-29/h4-5,8-15,18,26,30H,3,6-7,16-17H2,1-2H3.